The van der Waals surface area contributed by atoms with Gasteiger partial charge in [0.2, 0.25) is 5.91 Å². The predicted octanol–water partition coefficient (Wildman–Crippen LogP) is 1.21. The first-order valence-corrected chi connectivity index (χ1v) is 7.19. The third kappa shape index (κ3) is 5.83. The molecule has 1 amide bonds. The molecule has 1 rings (SSSR count). The molecule has 0 aromatic heterocycles. The van der Waals surface area contributed by atoms with Gasteiger partial charge in [-0.15, -0.1) is 0 Å². The number of nitrogens with zero attached hydrogens (tertiary/aromatic N) is 1. The van der Waals surface area contributed by atoms with E-state index in [0.29, 0.717) is 30.8 Å². The average molecular weight is 255 g/mol. The number of carbonyl (C=O) groups is 1. The Kier molecular flexibility index (Phi) is 6.65. The van der Waals surface area contributed by atoms with E-state index in [1.165, 1.54) is 6.42 Å². The molecule has 2 unspecified atom stereocenters. The van der Waals surface area contributed by atoms with E-state index in [4.69, 9.17) is 5.73 Å². The summed E-state index contributed by atoms with van der Waals surface area (Å²) >= 11 is 0. The fourth-order valence-corrected chi connectivity index (χ4v) is 2.76. The Morgan fingerprint density at radius 2 is 2.22 bits per heavy atom. The normalized spacial score (nSPS) is 23.1. The number of hydrogen-bond donors (Lipinski definition) is 2. The lowest BCUT2D eigenvalue weighted by Crippen LogP contribution is -2.46. The molecular formula is C14H29N3O. The molecule has 0 saturated carbocycles. The molecule has 1 aliphatic heterocycles. The average Bonchev–Trinajstić information content (AvgIpc) is 2.27. The highest BCUT2D eigenvalue weighted by Gasteiger charge is 2.20. The van der Waals surface area contributed by atoms with Gasteiger partial charge in [-0.1, -0.05) is 13.8 Å². The largest absolute Gasteiger partial charge is 0.352 e. The first-order chi connectivity index (χ1) is 8.51. The molecule has 4 heteroatoms. The minimum absolute atomic E-state index is 0.173. The van der Waals surface area contributed by atoms with Crippen LogP contribution in [0, 0.1) is 11.8 Å². The van der Waals surface area contributed by atoms with Crippen molar-refractivity contribution in [3.63, 3.8) is 0 Å². The Balaban J connectivity index is 2.30. The minimum atomic E-state index is 0.173. The highest BCUT2D eigenvalue weighted by molar-refractivity contribution is 5.76. The third-order valence-electron chi connectivity index (χ3n) is 3.60. The van der Waals surface area contributed by atoms with Gasteiger partial charge in [0.1, 0.15) is 0 Å². The van der Waals surface area contributed by atoms with Crippen LogP contribution in [0.5, 0.6) is 0 Å². The Bertz CT molecular complexity index is 247. The van der Waals surface area contributed by atoms with Crippen molar-refractivity contribution in [3.05, 3.63) is 0 Å². The molecule has 106 valence electrons. The topological polar surface area (TPSA) is 58.4 Å². The number of piperidine rings is 1. The summed E-state index contributed by atoms with van der Waals surface area (Å²) < 4.78 is 0. The Morgan fingerprint density at radius 3 is 2.78 bits per heavy atom. The number of rotatable bonds is 6. The van der Waals surface area contributed by atoms with E-state index in [-0.39, 0.29) is 5.91 Å². The highest BCUT2D eigenvalue weighted by atomic mass is 16.1. The second-order valence-electron chi connectivity index (χ2n) is 6.10. The standard InChI is InChI=1S/C14H29N3O/c1-11(2)7-12(9-15)8-14(18)16-13-5-4-6-17(3)10-13/h11-13H,4-10,15H2,1-3H3,(H,16,18). The molecule has 3 N–H and O–H groups in total. The van der Waals surface area contributed by atoms with Gasteiger partial charge >= 0.3 is 0 Å². The van der Waals surface area contributed by atoms with Crippen LogP contribution in [0.3, 0.4) is 0 Å². The summed E-state index contributed by atoms with van der Waals surface area (Å²) in [6, 6.07) is 0.328. The molecule has 0 spiro atoms. The number of carbonyl (C=O) groups excluding carboxylic acids is 1. The van der Waals surface area contributed by atoms with Crippen LogP contribution in [-0.2, 0) is 4.79 Å². The van der Waals surface area contributed by atoms with Crippen molar-refractivity contribution in [1.82, 2.24) is 10.2 Å². The van der Waals surface area contributed by atoms with Gasteiger partial charge in [0, 0.05) is 19.0 Å². The van der Waals surface area contributed by atoms with Crippen LogP contribution in [0.2, 0.25) is 0 Å². The Labute approximate surface area is 111 Å². The van der Waals surface area contributed by atoms with E-state index in [2.05, 4.69) is 31.1 Å². The van der Waals surface area contributed by atoms with Gasteiger partial charge in [-0.2, -0.15) is 0 Å². The molecule has 1 aliphatic rings. The number of nitrogens with two attached hydrogens (primary N) is 1. The second kappa shape index (κ2) is 7.74. The molecule has 2 atom stereocenters. The second-order valence-corrected chi connectivity index (χ2v) is 6.10. The molecule has 1 saturated heterocycles. The van der Waals surface area contributed by atoms with Gasteiger partial charge in [-0.25, -0.2) is 0 Å². The first-order valence-electron chi connectivity index (χ1n) is 7.19. The van der Waals surface area contributed by atoms with Gasteiger partial charge in [0.15, 0.2) is 0 Å². The summed E-state index contributed by atoms with van der Waals surface area (Å²) in [5, 5.41) is 3.15. The number of hydrogen-bond acceptors (Lipinski definition) is 3. The molecule has 0 aromatic rings. The predicted molar refractivity (Wildman–Crippen MR) is 75.3 cm³/mol. The van der Waals surface area contributed by atoms with E-state index in [0.717, 1.165) is 25.9 Å². The van der Waals surface area contributed by atoms with Crippen LogP contribution < -0.4 is 11.1 Å². The zero-order valence-corrected chi connectivity index (χ0v) is 12.1. The van der Waals surface area contributed by atoms with Crippen LogP contribution in [0.15, 0.2) is 0 Å². The van der Waals surface area contributed by atoms with E-state index >= 15 is 0 Å². The van der Waals surface area contributed by atoms with Gasteiger partial charge in [0.25, 0.3) is 0 Å². The summed E-state index contributed by atoms with van der Waals surface area (Å²) in [6.45, 7) is 7.08. The van der Waals surface area contributed by atoms with Crippen molar-refractivity contribution in [3.8, 4) is 0 Å². The van der Waals surface area contributed by atoms with Crippen LogP contribution in [0.4, 0.5) is 0 Å². The number of likely N-dealkylation sites (N-methyl/N-ethyl adjacent to an activating group) is 1. The summed E-state index contributed by atoms with van der Waals surface area (Å²) in [5.41, 5.74) is 5.74. The molecule has 0 radical (unpaired) electrons. The molecule has 0 aromatic carbocycles. The monoisotopic (exact) mass is 255 g/mol. The van der Waals surface area contributed by atoms with Crippen molar-refractivity contribution in [1.29, 1.82) is 0 Å². The lowest BCUT2D eigenvalue weighted by atomic mass is 9.93. The Hall–Kier alpha value is -0.610. The van der Waals surface area contributed by atoms with Crippen molar-refractivity contribution >= 4 is 5.91 Å². The summed E-state index contributed by atoms with van der Waals surface area (Å²) in [4.78, 5) is 14.3. The maximum absolute atomic E-state index is 12.0. The maximum atomic E-state index is 12.0. The summed E-state index contributed by atoms with van der Waals surface area (Å²) in [5.74, 6) is 1.10. The maximum Gasteiger partial charge on any atom is 0.220 e. The fraction of sp³-hybridized carbons (Fsp3) is 0.929. The fourth-order valence-electron chi connectivity index (χ4n) is 2.76. The van der Waals surface area contributed by atoms with E-state index in [1.54, 1.807) is 0 Å². The van der Waals surface area contributed by atoms with E-state index in [9.17, 15) is 4.79 Å². The van der Waals surface area contributed by atoms with Crippen LogP contribution >= 0.6 is 0 Å². The molecule has 18 heavy (non-hydrogen) atoms. The van der Waals surface area contributed by atoms with Gasteiger partial charge in [-0.3, -0.25) is 4.79 Å². The molecule has 4 nitrogen and oxygen atoms in total. The summed E-state index contributed by atoms with van der Waals surface area (Å²) in [7, 11) is 2.11. The van der Waals surface area contributed by atoms with E-state index < -0.39 is 0 Å². The van der Waals surface area contributed by atoms with Gasteiger partial charge in [-0.05, 0) is 51.2 Å². The van der Waals surface area contributed by atoms with Crippen LogP contribution in [0.25, 0.3) is 0 Å². The molecular weight excluding hydrogens is 226 g/mol. The molecule has 1 heterocycles. The van der Waals surface area contributed by atoms with Gasteiger partial charge in [0.05, 0.1) is 0 Å². The number of likely N-dealkylation sites (tertiary alicyclic amines) is 1. The number of amides is 1. The third-order valence-corrected chi connectivity index (χ3v) is 3.60. The Morgan fingerprint density at radius 1 is 1.50 bits per heavy atom. The van der Waals surface area contributed by atoms with Crippen LogP contribution in [-0.4, -0.2) is 43.5 Å². The lowest BCUT2D eigenvalue weighted by Gasteiger charge is -2.30. The minimum Gasteiger partial charge on any atom is -0.352 e. The summed E-state index contributed by atoms with van der Waals surface area (Å²) in [6.07, 6.45) is 3.89. The zero-order chi connectivity index (χ0) is 13.5. The van der Waals surface area contributed by atoms with Crippen molar-refractivity contribution in [2.75, 3.05) is 26.7 Å². The van der Waals surface area contributed by atoms with Crippen molar-refractivity contribution < 1.29 is 4.79 Å². The van der Waals surface area contributed by atoms with Crippen molar-refractivity contribution in [2.45, 2.75) is 45.6 Å². The first kappa shape index (κ1) is 15.4. The molecule has 0 bridgehead atoms. The highest BCUT2D eigenvalue weighted by Crippen LogP contribution is 2.15. The van der Waals surface area contributed by atoms with Gasteiger partial charge < -0.3 is 16.0 Å². The van der Waals surface area contributed by atoms with E-state index in [1.807, 2.05) is 0 Å². The SMILES string of the molecule is CC(C)CC(CN)CC(=O)NC1CCCN(C)C1. The quantitative estimate of drug-likeness (QED) is 0.750. The molecule has 1 fully saturated rings. The zero-order valence-electron chi connectivity index (χ0n) is 12.1. The number of nitrogens with one attached hydrogen (secondary N) is 1. The van der Waals surface area contributed by atoms with Crippen molar-refractivity contribution in [2.24, 2.45) is 17.6 Å². The smallest absolute Gasteiger partial charge is 0.220 e. The lowest BCUT2D eigenvalue weighted by molar-refractivity contribution is -0.123. The van der Waals surface area contributed by atoms with Crippen LogP contribution in [0.1, 0.15) is 39.5 Å². The molecule has 0 aliphatic carbocycles.